The average molecular weight is 354 g/mol. The third-order valence-electron chi connectivity index (χ3n) is 5.04. The van der Waals surface area contributed by atoms with Crippen LogP contribution in [0.4, 0.5) is 0 Å². The Morgan fingerprint density at radius 2 is 2.12 bits per heavy atom. The number of hydrogen-bond acceptors (Lipinski definition) is 2. The van der Waals surface area contributed by atoms with Crippen molar-refractivity contribution < 1.29 is 0 Å². The largest absolute Gasteiger partial charge is 0.356 e. The fourth-order valence-electron chi connectivity index (χ4n) is 3.41. The van der Waals surface area contributed by atoms with E-state index in [2.05, 4.69) is 38.6 Å². The lowest BCUT2D eigenvalue weighted by Gasteiger charge is -2.31. The Bertz CT molecular complexity index is 532. The summed E-state index contributed by atoms with van der Waals surface area (Å²) in [6.07, 6.45) is 5.81. The van der Waals surface area contributed by atoms with E-state index in [4.69, 9.17) is 11.6 Å². The van der Waals surface area contributed by atoms with Crippen LogP contribution in [0, 0.1) is 5.92 Å². The van der Waals surface area contributed by atoms with Crippen molar-refractivity contribution in [3.05, 3.63) is 23.0 Å². The highest BCUT2D eigenvalue weighted by molar-refractivity contribution is 6.30. The van der Waals surface area contributed by atoms with Crippen LogP contribution in [0.1, 0.15) is 31.9 Å². The maximum absolute atomic E-state index is 6.06. The summed E-state index contributed by atoms with van der Waals surface area (Å²) in [5.74, 6) is 1.79. The minimum Gasteiger partial charge on any atom is -0.356 e. The van der Waals surface area contributed by atoms with E-state index < -0.39 is 0 Å². The summed E-state index contributed by atoms with van der Waals surface area (Å²) in [7, 11) is 5.93. The molecule has 1 aromatic rings. The molecule has 0 radical (unpaired) electrons. The van der Waals surface area contributed by atoms with Gasteiger partial charge in [-0.3, -0.25) is 4.99 Å². The quantitative estimate of drug-likeness (QED) is 0.631. The summed E-state index contributed by atoms with van der Waals surface area (Å²) in [5, 5.41) is 4.29. The number of nitrogens with zero attached hydrogens (tertiary/aromatic N) is 4. The molecular formula is C18H32ClN5. The number of nitrogens with one attached hydrogen (secondary N) is 1. The molecule has 136 valence electrons. The lowest BCUT2D eigenvalue weighted by Crippen LogP contribution is -2.40. The monoisotopic (exact) mass is 353 g/mol. The highest BCUT2D eigenvalue weighted by Gasteiger charge is 2.18. The van der Waals surface area contributed by atoms with E-state index in [-0.39, 0.29) is 0 Å². The Morgan fingerprint density at radius 3 is 2.67 bits per heavy atom. The van der Waals surface area contributed by atoms with Crippen LogP contribution in [0.5, 0.6) is 0 Å². The van der Waals surface area contributed by atoms with Crippen LogP contribution in [-0.2, 0) is 13.6 Å². The van der Waals surface area contributed by atoms with Crippen LogP contribution in [0.3, 0.4) is 0 Å². The van der Waals surface area contributed by atoms with E-state index in [9.17, 15) is 0 Å². The zero-order valence-electron chi connectivity index (χ0n) is 15.6. The third kappa shape index (κ3) is 5.42. The smallest absolute Gasteiger partial charge is 0.193 e. The summed E-state index contributed by atoms with van der Waals surface area (Å²) in [5.41, 5.74) is 1.18. The van der Waals surface area contributed by atoms with Gasteiger partial charge in [0, 0.05) is 39.6 Å². The molecule has 24 heavy (non-hydrogen) atoms. The molecule has 1 fully saturated rings. The van der Waals surface area contributed by atoms with Gasteiger partial charge in [0.1, 0.15) is 0 Å². The van der Waals surface area contributed by atoms with Crippen LogP contribution in [-0.4, -0.2) is 60.6 Å². The molecule has 0 bridgehead atoms. The summed E-state index contributed by atoms with van der Waals surface area (Å²) in [4.78, 5) is 9.10. The number of aromatic nitrogens is 1. The van der Waals surface area contributed by atoms with Crippen molar-refractivity contribution in [2.75, 3.05) is 40.3 Å². The number of aryl methyl sites for hydroxylation is 1. The molecule has 0 saturated carbocycles. The molecule has 1 aliphatic heterocycles. The van der Waals surface area contributed by atoms with E-state index in [0.29, 0.717) is 0 Å². The van der Waals surface area contributed by atoms with Gasteiger partial charge in [-0.05, 0) is 50.9 Å². The maximum atomic E-state index is 6.06. The summed E-state index contributed by atoms with van der Waals surface area (Å²) < 4.78 is 2.06. The fourth-order valence-corrected chi connectivity index (χ4v) is 3.68. The predicted molar refractivity (Wildman–Crippen MR) is 103 cm³/mol. The molecule has 0 aromatic carbocycles. The van der Waals surface area contributed by atoms with Gasteiger partial charge in [-0.2, -0.15) is 0 Å². The predicted octanol–water partition coefficient (Wildman–Crippen LogP) is 2.81. The molecule has 0 aliphatic carbocycles. The van der Waals surface area contributed by atoms with Crippen LogP contribution in [0.15, 0.2) is 17.3 Å². The molecule has 2 heterocycles. The van der Waals surface area contributed by atoms with E-state index >= 15 is 0 Å². The molecule has 2 rings (SSSR count). The number of rotatable bonds is 6. The topological polar surface area (TPSA) is 35.8 Å². The third-order valence-corrected chi connectivity index (χ3v) is 5.24. The van der Waals surface area contributed by atoms with Gasteiger partial charge in [0.25, 0.3) is 0 Å². The van der Waals surface area contributed by atoms with Gasteiger partial charge in [0.15, 0.2) is 5.96 Å². The summed E-state index contributed by atoms with van der Waals surface area (Å²) in [6, 6.07) is 2.01. The van der Waals surface area contributed by atoms with E-state index in [1.807, 2.05) is 26.4 Å². The Kier molecular flexibility index (Phi) is 7.43. The molecule has 1 N–H and O–H groups in total. The van der Waals surface area contributed by atoms with Gasteiger partial charge in [0.05, 0.1) is 11.6 Å². The van der Waals surface area contributed by atoms with Gasteiger partial charge >= 0.3 is 0 Å². The fraction of sp³-hybridized carbons (Fsp3) is 0.722. The first kappa shape index (κ1) is 19.1. The number of piperidine rings is 1. The Balaban J connectivity index is 1.75. The van der Waals surface area contributed by atoms with Crippen LogP contribution >= 0.6 is 11.6 Å². The number of aliphatic imine (C=N–C) groups is 1. The first-order chi connectivity index (χ1) is 11.5. The Morgan fingerprint density at radius 1 is 1.42 bits per heavy atom. The van der Waals surface area contributed by atoms with Gasteiger partial charge in [-0.25, -0.2) is 0 Å². The van der Waals surface area contributed by atoms with Gasteiger partial charge in [0.2, 0.25) is 0 Å². The second-order valence-electron chi connectivity index (χ2n) is 6.76. The number of likely N-dealkylation sites (tertiary alicyclic amines) is 1. The molecule has 5 nitrogen and oxygen atoms in total. The van der Waals surface area contributed by atoms with E-state index in [1.165, 1.54) is 44.6 Å². The van der Waals surface area contributed by atoms with Gasteiger partial charge in [-0.1, -0.05) is 18.5 Å². The first-order valence-electron chi connectivity index (χ1n) is 8.98. The van der Waals surface area contributed by atoms with Crippen molar-refractivity contribution in [2.24, 2.45) is 18.0 Å². The van der Waals surface area contributed by atoms with Crippen molar-refractivity contribution in [3.63, 3.8) is 0 Å². The molecule has 1 aliphatic rings. The summed E-state index contributed by atoms with van der Waals surface area (Å²) in [6.45, 7) is 7.72. The minimum atomic E-state index is 0.780. The molecule has 6 heteroatoms. The standard InChI is InChI=1S/C18H32ClN5/c1-5-24-10-7-15(8-11-24)6-9-21-18(20-2)23(4)14-17-12-16(19)13-22(17)3/h12-13,15H,5-11,14H2,1-4H3,(H,20,21). The highest BCUT2D eigenvalue weighted by Crippen LogP contribution is 2.19. The van der Waals surface area contributed by atoms with Crippen molar-refractivity contribution in [2.45, 2.75) is 32.7 Å². The van der Waals surface area contributed by atoms with Gasteiger partial charge in [-0.15, -0.1) is 0 Å². The number of guanidine groups is 1. The minimum absolute atomic E-state index is 0.780. The van der Waals surface area contributed by atoms with Crippen molar-refractivity contribution >= 4 is 17.6 Å². The van der Waals surface area contributed by atoms with E-state index in [0.717, 1.165) is 30.0 Å². The maximum Gasteiger partial charge on any atom is 0.193 e. The normalized spacial score (nSPS) is 17.3. The molecular weight excluding hydrogens is 322 g/mol. The second-order valence-corrected chi connectivity index (χ2v) is 7.19. The zero-order valence-corrected chi connectivity index (χ0v) is 16.3. The lowest BCUT2D eigenvalue weighted by molar-refractivity contribution is 0.187. The van der Waals surface area contributed by atoms with E-state index in [1.54, 1.807) is 0 Å². The molecule has 1 aromatic heterocycles. The molecule has 0 amide bonds. The van der Waals surface area contributed by atoms with Crippen LogP contribution in [0.25, 0.3) is 0 Å². The highest BCUT2D eigenvalue weighted by atomic mass is 35.5. The molecule has 0 atom stereocenters. The zero-order chi connectivity index (χ0) is 17.5. The molecule has 0 spiro atoms. The van der Waals surface area contributed by atoms with Crippen molar-refractivity contribution in [1.29, 1.82) is 0 Å². The van der Waals surface area contributed by atoms with Crippen molar-refractivity contribution in [3.8, 4) is 0 Å². The number of hydrogen-bond donors (Lipinski definition) is 1. The first-order valence-corrected chi connectivity index (χ1v) is 9.36. The molecule has 0 unspecified atom stereocenters. The lowest BCUT2D eigenvalue weighted by atomic mass is 9.93. The van der Waals surface area contributed by atoms with Crippen LogP contribution in [0.2, 0.25) is 5.02 Å². The number of halogens is 1. The molecule has 1 saturated heterocycles. The average Bonchev–Trinajstić information content (AvgIpc) is 2.89. The Hall–Kier alpha value is -1.20. The second kappa shape index (κ2) is 9.33. The van der Waals surface area contributed by atoms with Gasteiger partial charge < -0.3 is 19.7 Å². The SMILES string of the molecule is CCN1CCC(CCNC(=NC)N(C)Cc2cc(Cl)cn2C)CC1. The van der Waals surface area contributed by atoms with Crippen LogP contribution < -0.4 is 5.32 Å². The summed E-state index contributed by atoms with van der Waals surface area (Å²) >= 11 is 6.06. The Labute approximate surface area is 151 Å². The van der Waals surface area contributed by atoms with Crippen molar-refractivity contribution in [1.82, 2.24) is 19.7 Å².